The molecule has 20 heavy (non-hydrogen) atoms. The molecule has 2 rings (SSSR count). The molecular weight excluding hydrogens is 250 g/mol. The van der Waals surface area contributed by atoms with Gasteiger partial charge in [-0.3, -0.25) is 9.69 Å². The first-order chi connectivity index (χ1) is 9.32. The van der Waals surface area contributed by atoms with Gasteiger partial charge >= 0.3 is 0 Å². The highest BCUT2D eigenvalue weighted by Crippen LogP contribution is 2.32. The lowest BCUT2D eigenvalue weighted by molar-refractivity contribution is -0.124. The van der Waals surface area contributed by atoms with E-state index >= 15 is 0 Å². The number of hydrogen-bond donors (Lipinski definition) is 2. The van der Waals surface area contributed by atoms with Crippen LogP contribution in [0.2, 0.25) is 0 Å². The number of nitrogens with zero attached hydrogens (tertiary/aromatic N) is 1. The summed E-state index contributed by atoms with van der Waals surface area (Å²) in [5.74, 6) is 0.450. The van der Waals surface area contributed by atoms with Crippen molar-refractivity contribution in [3.63, 3.8) is 0 Å². The maximum absolute atomic E-state index is 11.9. The van der Waals surface area contributed by atoms with Crippen molar-refractivity contribution in [3.05, 3.63) is 0 Å². The smallest absolute Gasteiger partial charge is 0.237 e. The average molecular weight is 281 g/mol. The van der Waals surface area contributed by atoms with Gasteiger partial charge in [-0.15, -0.1) is 0 Å². The molecule has 0 aromatic rings. The third-order valence-electron chi connectivity index (χ3n) is 4.51. The van der Waals surface area contributed by atoms with Crippen LogP contribution in [0.15, 0.2) is 0 Å². The normalized spacial score (nSPS) is 23.9. The number of rotatable bonds is 9. The summed E-state index contributed by atoms with van der Waals surface area (Å²) >= 11 is 0. The van der Waals surface area contributed by atoms with Crippen molar-refractivity contribution in [1.82, 2.24) is 10.2 Å². The quantitative estimate of drug-likeness (QED) is 0.678. The van der Waals surface area contributed by atoms with E-state index < -0.39 is 5.54 Å². The second-order valence-electron chi connectivity index (χ2n) is 7.49. The van der Waals surface area contributed by atoms with E-state index in [0.29, 0.717) is 18.0 Å². The van der Waals surface area contributed by atoms with E-state index in [4.69, 9.17) is 5.73 Å². The van der Waals surface area contributed by atoms with E-state index in [2.05, 4.69) is 31.0 Å². The van der Waals surface area contributed by atoms with Crippen molar-refractivity contribution in [2.45, 2.75) is 83.5 Å². The highest BCUT2D eigenvalue weighted by atomic mass is 16.1. The lowest BCUT2D eigenvalue weighted by Crippen LogP contribution is -2.57. The standard InChI is InChI=1S/C16H31N3O/c1-11(2)10-19(14-7-8-14)12(3)9-16(4,15(17)20)18-13-5-6-13/h11-14,18H,5-10H2,1-4H3,(H2,17,20). The molecular formula is C16H31N3O. The Labute approximate surface area is 123 Å². The Morgan fingerprint density at radius 2 is 1.90 bits per heavy atom. The predicted octanol–water partition coefficient (Wildman–Crippen LogP) is 1.88. The molecule has 0 heterocycles. The van der Waals surface area contributed by atoms with E-state index in [-0.39, 0.29) is 5.91 Å². The van der Waals surface area contributed by atoms with Crippen LogP contribution in [0.5, 0.6) is 0 Å². The maximum atomic E-state index is 11.9. The molecule has 0 bridgehead atoms. The highest BCUT2D eigenvalue weighted by Gasteiger charge is 2.41. The van der Waals surface area contributed by atoms with Gasteiger partial charge in [0.15, 0.2) is 0 Å². The third-order valence-corrected chi connectivity index (χ3v) is 4.51. The van der Waals surface area contributed by atoms with E-state index in [9.17, 15) is 4.79 Å². The zero-order valence-electron chi connectivity index (χ0n) is 13.5. The van der Waals surface area contributed by atoms with E-state index in [1.807, 2.05) is 6.92 Å². The molecule has 0 aliphatic heterocycles. The minimum absolute atomic E-state index is 0.212. The number of nitrogens with one attached hydrogen (secondary N) is 1. The van der Waals surface area contributed by atoms with E-state index in [1.54, 1.807) is 0 Å². The van der Waals surface area contributed by atoms with Crippen LogP contribution in [-0.4, -0.2) is 41.0 Å². The van der Waals surface area contributed by atoms with Gasteiger partial charge in [0, 0.05) is 24.7 Å². The first-order valence-corrected chi connectivity index (χ1v) is 8.15. The molecule has 0 aromatic heterocycles. The number of nitrogens with two attached hydrogens (primary N) is 1. The van der Waals surface area contributed by atoms with Crippen molar-refractivity contribution in [3.8, 4) is 0 Å². The van der Waals surface area contributed by atoms with Crippen molar-refractivity contribution in [1.29, 1.82) is 0 Å². The Kier molecular flexibility index (Phi) is 4.75. The van der Waals surface area contributed by atoms with Crippen LogP contribution in [0.25, 0.3) is 0 Å². The first-order valence-electron chi connectivity index (χ1n) is 8.15. The zero-order chi connectivity index (χ0) is 14.9. The molecule has 4 nitrogen and oxygen atoms in total. The molecule has 2 aliphatic carbocycles. The van der Waals surface area contributed by atoms with Crippen molar-refractivity contribution in [2.75, 3.05) is 6.54 Å². The van der Waals surface area contributed by atoms with Gasteiger partial charge in [-0.2, -0.15) is 0 Å². The number of carbonyl (C=O) groups excluding carboxylic acids is 1. The van der Waals surface area contributed by atoms with E-state index in [1.165, 1.54) is 25.7 Å². The Morgan fingerprint density at radius 3 is 2.30 bits per heavy atom. The van der Waals surface area contributed by atoms with Crippen LogP contribution in [0.1, 0.15) is 59.8 Å². The van der Waals surface area contributed by atoms with Crippen molar-refractivity contribution in [2.24, 2.45) is 11.7 Å². The largest absolute Gasteiger partial charge is 0.368 e. The Morgan fingerprint density at radius 1 is 1.30 bits per heavy atom. The fourth-order valence-corrected chi connectivity index (χ4v) is 3.13. The molecule has 0 spiro atoms. The molecule has 0 saturated heterocycles. The molecule has 0 radical (unpaired) electrons. The molecule has 0 aromatic carbocycles. The van der Waals surface area contributed by atoms with Crippen LogP contribution >= 0.6 is 0 Å². The first kappa shape index (κ1) is 15.8. The average Bonchev–Trinajstić information content (AvgIpc) is 3.18. The Bertz CT molecular complexity index is 350. The Balaban J connectivity index is 1.97. The van der Waals surface area contributed by atoms with Crippen LogP contribution in [0.3, 0.4) is 0 Å². The van der Waals surface area contributed by atoms with Crippen molar-refractivity contribution < 1.29 is 4.79 Å². The number of carbonyl (C=O) groups is 1. The monoisotopic (exact) mass is 281 g/mol. The SMILES string of the molecule is CC(C)CN(C(C)CC(C)(NC1CC1)C(N)=O)C1CC1. The zero-order valence-corrected chi connectivity index (χ0v) is 13.5. The molecule has 116 valence electrons. The minimum Gasteiger partial charge on any atom is -0.368 e. The second kappa shape index (κ2) is 6.02. The Hall–Kier alpha value is -0.610. The lowest BCUT2D eigenvalue weighted by atomic mass is 9.91. The minimum atomic E-state index is -0.565. The van der Waals surface area contributed by atoms with Crippen LogP contribution in [0, 0.1) is 5.92 Å². The number of amides is 1. The molecule has 4 heteroatoms. The molecule has 1 amide bonds. The van der Waals surface area contributed by atoms with Gasteiger partial charge in [0.05, 0.1) is 5.54 Å². The van der Waals surface area contributed by atoms with Gasteiger partial charge in [-0.25, -0.2) is 0 Å². The highest BCUT2D eigenvalue weighted by molar-refractivity contribution is 5.84. The number of primary amides is 1. The maximum Gasteiger partial charge on any atom is 0.237 e. The molecule has 2 saturated carbocycles. The summed E-state index contributed by atoms with van der Waals surface area (Å²) in [6.45, 7) is 9.86. The van der Waals surface area contributed by atoms with Gasteiger partial charge < -0.3 is 11.1 Å². The fourth-order valence-electron chi connectivity index (χ4n) is 3.13. The van der Waals surface area contributed by atoms with Gasteiger partial charge in [0.1, 0.15) is 0 Å². The summed E-state index contributed by atoms with van der Waals surface area (Å²) in [5, 5.41) is 3.46. The molecule has 2 unspecified atom stereocenters. The second-order valence-corrected chi connectivity index (χ2v) is 7.49. The van der Waals surface area contributed by atoms with Crippen LogP contribution < -0.4 is 11.1 Å². The van der Waals surface area contributed by atoms with Gasteiger partial charge in [-0.05, 0) is 51.9 Å². The molecule has 2 aliphatic rings. The van der Waals surface area contributed by atoms with Crippen molar-refractivity contribution >= 4 is 5.91 Å². The summed E-state index contributed by atoms with van der Waals surface area (Å²) < 4.78 is 0. The number of hydrogen-bond acceptors (Lipinski definition) is 3. The van der Waals surface area contributed by atoms with Gasteiger partial charge in [0.2, 0.25) is 5.91 Å². The van der Waals surface area contributed by atoms with Crippen LogP contribution in [-0.2, 0) is 4.79 Å². The summed E-state index contributed by atoms with van der Waals surface area (Å²) in [5.41, 5.74) is 5.10. The van der Waals surface area contributed by atoms with Gasteiger partial charge in [-0.1, -0.05) is 13.8 Å². The molecule has 2 fully saturated rings. The molecule has 2 atom stereocenters. The van der Waals surface area contributed by atoms with Crippen LogP contribution in [0.4, 0.5) is 0 Å². The fraction of sp³-hybridized carbons (Fsp3) is 0.938. The summed E-state index contributed by atoms with van der Waals surface area (Å²) in [6, 6.07) is 1.62. The topological polar surface area (TPSA) is 58.4 Å². The summed E-state index contributed by atoms with van der Waals surface area (Å²) in [4.78, 5) is 14.5. The lowest BCUT2D eigenvalue weighted by Gasteiger charge is -2.37. The third kappa shape index (κ3) is 4.19. The van der Waals surface area contributed by atoms with Gasteiger partial charge in [0.25, 0.3) is 0 Å². The summed E-state index contributed by atoms with van der Waals surface area (Å²) in [6.07, 6.45) is 5.77. The molecule has 3 N–H and O–H groups in total. The van der Waals surface area contributed by atoms with E-state index in [0.717, 1.165) is 19.0 Å². The summed E-state index contributed by atoms with van der Waals surface area (Å²) in [7, 11) is 0. The predicted molar refractivity (Wildman–Crippen MR) is 82.4 cm³/mol.